The highest BCUT2D eigenvalue weighted by Gasteiger charge is 2.17. The van der Waals surface area contributed by atoms with Gasteiger partial charge >= 0.3 is 5.97 Å². The second kappa shape index (κ2) is 9.04. The standard InChI is InChI=1S/C21H25NO4/c1-14(2)13-25-21(24)16(4)26-19-11-7-17(8-12-19)20(23)22-18-9-5-15(3)6-10-18/h5-12,14,16H,13H2,1-4H3,(H,22,23)/t16-/m1/s1. The van der Waals surface area contributed by atoms with Crippen molar-refractivity contribution in [2.75, 3.05) is 11.9 Å². The van der Waals surface area contributed by atoms with Crippen LogP contribution in [0, 0.1) is 12.8 Å². The number of hydrogen-bond donors (Lipinski definition) is 1. The minimum atomic E-state index is -0.707. The van der Waals surface area contributed by atoms with Crippen molar-refractivity contribution in [2.45, 2.75) is 33.8 Å². The van der Waals surface area contributed by atoms with Crippen LogP contribution in [-0.4, -0.2) is 24.6 Å². The molecule has 0 aliphatic carbocycles. The average Bonchev–Trinajstić information content (AvgIpc) is 2.62. The number of carbonyl (C=O) groups is 2. The highest BCUT2D eigenvalue weighted by atomic mass is 16.6. The molecule has 0 aromatic heterocycles. The van der Waals surface area contributed by atoms with Gasteiger partial charge in [-0.3, -0.25) is 4.79 Å². The molecule has 0 bridgehead atoms. The van der Waals surface area contributed by atoms with Crippen LogP contribution in [0.3, 0.4) is 0 Å². The highest BCUT2D eigenvalue weighted by Crippen LogP contribution is 2.16. The van der Waals surface area contributed by atoms with Gasteiger partial charge in [-0.15, -0.1) is 0 Å². The molecule has 1 amide bonds. The summed E-state index contributed by atoms with van der Waals surface area (Å²) in [7, 11) is 0. The first-order valence-corrected chi connectivity index (χ1v) is 8.66. The molecule has 0 saturated heterocycles. The zero-order chi connectivity index (χ0) is 19.1. The third kappa shape index (κ3) is 5.92. The number of esters is 1. The molecule has 2 aromatic rings. The molecule has 0 aliphatic rings. The SMILES string of the molecule is Cc1ccc(NC(=O)c2ccc(O[C@H](C)C(=O)OCC(C)C)cc2)cc1. The van der Waals surface area contributed by atoms with E-state index < -0.39 is 12.1 Å². The molecule has 0 aliphatic heterocycles. The first-order chi connectivity index (χ1) is 12.3. The fraction of sp³-hybridized carbons (Fsp3) is 0.333. The molecule has 5 heteroatoms. The van der Waals surface area contributed by atoms with Crippen molar-refractivity contribution in [3.63, 3.8) is 0 Å². The lowest BCUT2D eigenvalue weighted by Crippen LogP contribution is -2.27. The smallest absolute Gasteiger partial charge is 0.347 e. The van der Waals surface area contributed by atoms with Crippen LogP contribution in [-0.2, 0) is 9.53 Å². The van der Waals surface area contributed by atoms with Gasteiger partial charge in [-0.25, -0.2) is 4.79 Å². The van der Waals surface area contributed by atoms with Gasteiger partial charge in [-0.05, 0) is 56.2 Å². The van der Waals surface area contributed by atoms with Crippen molar-refractivity contribution < 1.29 is 19.1 Å². The summed E-state index contributed by atoms with van der Waals surface area (Å²) in [6, 6.07) is 14.2. The van der Waals surface area contributed by atoms with Crippen molar-refractivity contribution >= 4 is 17.6 Å². The molecular weight excluding hydrogens is 330 g/mol. The van der Waals surface area contributed by atoms with E-state index in [1.54, 1.807) is 31.2 Å². The molecule has 2 rings (SSSR count). The van der Waals surface area contributed by atoms with Gasteiger partial charge in [-0.1, -0.05) is 31.5 Å². The molecule has 1 N–H and O–H groups in total. The van der Waals surface area contributed by atoms with E-state index in [4.69, 9.17) is 9.47 Å². The molecule has 138 valence electrons. The van der Waals surface area contributed by atoms with Gasteiger partial charge in [0, 0.05) is 11.3 Å². The van der Waals surface area contributed by atoms with E-state index in [0.29, 0.717) is 17.9 Å². The molecule has 2 aromatic carbocycles. The summed E-state index contributed by atoms with van der Waals surface area (Å²) in [6.07, 6.45) is -0.707. The third-order valence-electron chi connectivity index (χ3n) is 3.63. The van der Waals surface area contributed by atoms with Crippen LogP contribution in [0.2, 0.25) is 0 Å². The predicted molar refractivity (Wildman–Crippen MR) is 101 cm³/mol. The molecule has 0 saturated carbocycles. The largest absolute Gasteiger partial charge is 0.479 e. The molecule has 0 spiro atoms. The maximum Gasteiger partial charge on any atom is 0.347 e. The number of aryl methyl sites for hydroxylation is 1. The fourth-order valence-electron chi connectivity index (χ4n) is 2.14. The molecule has 0 fully saturated rings. The normalized spacial score (nSPS) is 11.7. The fourth-order valence-corrected chi connectivity index (χ4v) is 2.14. The maximum absolute atomic E-state index is 12.3. The lowest BCUT2D eigenvalue weighted by molar-refractivity contribution is -0.152. The summed E-state index contributed by atoms with van der Waals surface area (Å²) in [5.41, 5.74) is 2.38. The maximum atomic E-state index is 12.3. The Kier molecular flexibility index (Phi) is 6.78. The highest BCUT2D eigenvalue weighted by molar-refractivity contribution is 6.04. The van der Waals surface area contributed by atoms with Crippen LogP contribution < -0.4 is 10.1 Å². The number of carbonyl (C=O) groups excluding carboxylic acids is 2. The number of anilines is 1. The van der Waals surface area contributed by atoms with E-state index in [0.717, 1.165) is 11.3 Å². The van der Waals surface area contributed by atoms with Crippen LogP contribution in [0.25, 0.3) is 0 Å². The Morgan fingerprint density at radius 3 is 2.15 bits per heavy atom. The third-order valence-corrected chi connectivity index (χ3v) is 3.63. The second-order valence-corrected chi connectivity index (χ2v) is 6.63. The Bertz CT molecular complexity index is 736. The van der Waals surface area contributed by atoms with E-state index in [9.17, 15) is 9.59 Å². The number of benzene rings is 2. The summed E-state index contributed by atoms with van der Waals surface area (Å²) in [5.74, 6) is 0.174. The summed E-state index contributed by atoms with van der Waals surface area (Å²) < 4.78 is 10.7. The van der Waals surface area contributed by atoms with Gasteiger partial charge in [0.05, 0.1) is 6.61 Å². The minimum Gasteiger partial charge on any atom is -0.479 e. The Labute approximate surface area is 154 Å². The van der Waals surface area contributed by atoms with E-state index in [1.807, 2.05) is 45.0 Å². The topological polar surface area (TPSA) is 64.6 Å². The number of amides is 1. The van der Waals surface area contributed by atoms with E-state index in [2.05, 4.69) is 5.32 Å². The van der Waals surface area contributed by atoms with Crippen molar-refractivity contribution in [1.82, 2.24) is 0 Å². The van der Waals surface area contributed by atoms with Crippen molar-refractivity contribution in [2.24, 2.45) is 5.92 Å². The molecule has 0 radical (unpaired) electrons. The van der Waals surface area contributed by atoms with Crippen molar-refractivity contribution in [1.29, 1.82) is 0 Å². The van der Waals surface area contributed by atoms with Crippen LogP contribution >= 0.6 is 0 Å². The molecular formula is C21H25NO4. The zero-order valence-electron chi connectivity index (χ0n) is 15.6. The van der Waals surface area contributed by atoms with E-state index >= 15 is 0 Å². The summed E-state index contributed by atoms with van der Waals surface area (Å²) >= 11 is 0. The Balaban J connectivity index is 1.91. The van der Waals surface area contributed by atoms with Crippen molar-refractivity contribution in [3.8, 4) is 5.75 Å². The quantitative estimate of drug-likeness (QED) is 0.756. The molecule has 0 unspecified atom stereocenters. The molecule has 26 heavy (non-hydrogen) atoms. The van der Waals surface area contributed by atoms with Gasteiger partial charge in [-0.2, -0.15) is 0 Å². The van der Waals surface area contributed by atoms with Crippen molar-refractivity contribution in [3.05, 3.63) is 59.7 Å². The number of hydrogen-bond acceptors (Lipinski definition) is 4. The Morgan fingerprint density at radius 2 is 1.58 bits per heavy atom. The summed E-state index contributed by atoms with van der Waals surface area (Å²) in [5, 5.41) is 2.84. The minimum absolute atomic E-state index is 0.204. The Hall–Kier alpha value is -2.82. The van der Waals surface area contributed by atoms with Gasteiger partial charge in [0.1, 0.15) is 5.75 Å². The predicted octanol–water partition coefficient (Wildman–Crippen LogP) is 4.21. The first-order valence-electron chi connectivity index (χ1n) is 8.66. The van der Waals surface area contributed by atoms with Crippen LogP contribution in [0.15, 0.2) is 48.5 Å². The number of rotatable bonds is 7. The molecule has 0 heterocycles. The molecule has 1 atom stereocenters. The first kappa shape index (κ1) is 19.5. The monoisotopic (exact) mass is 355 g/mol. The van der Waals surface area contributed by atoms with Gasteiger partial charge in [0.15, 0.2) is 6.10 Å². The van der Waals surface area contributed by atoms with Crippen LogP contribution in [0.5, 0.6) is 5.75 Å². The lowest BCUT2D eigenvalue weighted by Gasteiger charge is -2.15. The summed E-state index contributed by atoms with van der Waals surface area (Å²) in [4.78, 5) is 24.1. The molecule has 5 nitrogen and oxygen atoms in total. The van der Waals surface area contributed by atoms with Crippen LogP contribution in [0.1, 0.15) is 36.7 Å². The van der Waals surface area contributed by atoms with Crippen LogP contribution in [0.4, 0.5) is 5.69 Å². The second-order valence-electron chi connectivity index (χ2n) is 6.63. The average molecular weight is 355 g/mol. The lowest BCUT2D eigenvalue weighted by atomic mass is 10.2. The van der Waals surface area contributed by atoms with Gasteiger partial charge in [0.2, 0.25) is 0 Å². The van der Waals surface area contributed by atoms with E-state index in [1.165, 1.54) is 0 Å². The number of ether oxygens (including phenoxy) is 2. The zero-order valence-corrected chi connectivity index (χ0v) is 15.6. The Morgan fingerprint density at radius 1 is 0.962 bits per heavy atom. The van der Waals surface area contributed by atoms with Gasteiger partial charge < -0.3 is 14.8 Å². The number of nitrogens with one attached hydrogen (secondary N) is 1. The summed E-state index contributed by atoms with van der Waals surface area (Å²) in [6.45, 7) is 7.94. The van der Waals surface area contributed by atoms with E-state index in [-0.39, 0.29) is 11.8 Å². The van der Waals surface area contributed by atoms with Gasteiger partial charge in [0.25, 0.3) is 5.91 Å².